The number of para-hydroxylation sites is 2. The minimum atomic E-state index is -1.76. The van der Waals surface area contributed by atoms with E-state index in [2.05, 4.69) is 89.7 Å². The fourth-order valence-electron chi connectivity index (χ4n) is 15.4. The van der Waals surface area contributed by atoms with Gasteiger partial charge in [0, 0.05) is 125 Å². The van der Waals surface area contributed by atoms with E-state index in [0.717, 1.165) is 28.5 Å². The van der Waals surface area contributed by atoms with Gasteiger partial charge in [0.05, 0.1) is 124 Å². The smallest absolute Gasteiger partial charge is 0.340 e. The quantitative estimate of drug-likeness (QED) is 0.00736. The number of carboxylic acid groups (broad SMARTS) is 2. The Morgan fingerprint density at radius 1 is 0.510 bits per heavy atom. The summed E-state index contributed by atoms with van der Waals surface area (Å²) < 4.78 is 51.1. The van der Waals surface area contributed by atoms with E-state index in [4.69, 9.17) is 60.6 Å². The number of phenols is 2. The molecule has 149 heavy (non-hydrogen) atoms. The Morgan fingerprint density at radius 2 is 1.01 bits per heavy atom. The van der Waals surface area contributed by atoms with E-state index < -0.39 is 225 Å². The molecule has 796 valence electrons. The fraction of sp³-hybridized carbons (Fsp3) is 0.392. The lowest BCUT2D eigenvalue weighted by Gasteiger charge is -2.36. The molecule has 49 nitrogen and oxygen atoms in total. The van der Waals surface area contributed by atoms with Crippen molar-refractivity contribution in [3.8, 4) is 28.7 Å². The van der Waals surface area contributed by atoms with Crippen LogP contribution < -0.4 is 95.0 Å². The summed E-state index contributed by atoms with van der Waals surface area (Å²) in [5.74, 6) is -18.8. The average molecular weight is 2120 g/mol. The van der Waals surface area contributed by atoms with Crippen LogP contribution in [0.4, 0.5) is 5.69 Å². The molecule has 0 saturated carbocycles. The van der Waals surface area contributed by atoms with Crippen LogP contribution in [0.1, 0.15) is 94.5 Å². The molecule has 8 aromatic rings. The van der Waals surface area contributed by atoms with Crippen molar-refractivity contribution in [3.63, 3.8) is 0 Å². The van der Waals surface area contributed by atoms with Gasteiger partial charge in [-0.1, -0.05) is 64.1 Å². The van der Waals surface area contributed by atoms with Gasteiger partial charge in [0.25, 0.3) is 5.91 Å². The van der Waals surface area contributed by atoms with Gasteiger partial charge in [-0.15, -0.1) is 0 Å². The molecular formula is C97H114N18O31S3. The molecule has 2 aromatic heterocycles. The first-order valence-electron chi connectivity index (χ1n) is 46.9. The molecule has 3 aliphatic rings. The minimum Gasteiger partial charge on any atom is -0.508 e. The molecule has 1 spiro atoms. The van der Waals surface area contributed by atoms with Crippen molar-refractivity contribution in [1.82, 2.24) is 84.4 Å². The number of H-pyrrole nitrogens is 2. The molecule has 11 rings (SSSR count). The molecule has 8 atom stereocenters. The molecule has 23 N–H and O–H groups in total. The Balaban J connectivity index is 0.633. The second-order valence-corrected chi connectivity index (χ2v) is 36.7. The van der Waals surface area contributed by atoms with Crippen LogP contribution in [-0.4, -0.2) is 320 Å². The topological polar surface area (TPSA) is 709 Å². The van der Waals surface area contributed by atoms with Crippen LogP contribution in [0.2, 0.25) is 0 Å². The van der Waals surface area contributed by atoms with Crippen molar-refractivity contribution in [2.24, 2.45) is 5.73 Å². The lowest BCUT2D eigenvalue weighted by Crippen LogP contribution is -2.59. The molecule has 0 unspecified atom stereocenters. The van der Waals surface area contributed by atoms with Gasteiger partial charge in [-0.25, -0.2) is 4.79 Å². The van der Waals surface area contributed by atoms with Crippen LogP contribution in [-0.2, 0) is 128 Å². The lowest BCUT2D eigenvalue weighted by molar-refractivity contribution is -0.141. The van der Waals surface area contributed by atoms with E-state index in [1.165, 1.54) is 55.5 Å². The summed E-state index contributed by atoms with van der Waals surface area (Å²) in [7, 11) is 1.62. The van der Waals surface area contributed by atoms with Crippen LogP contribution in [0.3, 0.4) is 0 Å². The zero-order valence-electron chi connectivity index (χ0n) is 80.6. The SMILES string of the molecule is CC(=O)N[C@@H](CC(=O)O)C(=O)N[C@H]1CSSC[C@@H](C(N)=O)NC(=O)[C@H](Cc2c[nH]c3ccccc23)NC(=O)CNC(=O)CNC(=O)[C@H](CCC(=O)O)NC(=O)CNC(=O)CNC(=O)[C@H](CCNC(=O)c2ccc(OC(=O)CCOCCOCCOCCOCCOCCOCCNC(=S)Nc3ccc4c(c3)C(=O)OC43c4ccc(O)cc4Oc4cc(O)ccc43)cc2)NC(=O)[C@H](Cc2c[nH]c3ccccc23)NC(=O)[C@H](C)NC1=O. The Bertz CT molecular complexity index is 6120. The molecule has 52 heteroatoms. The highest BCUT2D eigenvalue weighted by Crippen LogP contribution is 2.57. The molecule has 5 heterocycles. The highest BCUT2D eigenvalue weighted by molar-refractivity contribution is 8.76. The summed E-state index contributed by atoms with van der Waals surface area (Å²) >= 11 is 5.50. The second-order valence-electron chi connectivity index (χ2n) is 33.7. The largest absolute Gasteiger partial charge is 0.508 e. The Hall–Kier alpha value is -15.6. The summed E-state index contributed by atoms with van der Waals surface area (Å²) in [5.41, 5.74) is 9.00. The maximum absolute atomic E-state index is 15.0. The number of phenolic OH excluding ortho intramolecular Hbond substituents is 2. The summed E-state index contributed by atoms with van der Waals surface area (Å²) in [4.78, 5) is 249. The van der Waals surface area contributed by atoms with Crippen molar-refractivity contribution in [3.05, 3.63) is 179 Å². The number of aromatic amines is 2. The Morgan fingerprint density at radius 3 is 1.56 bits per heavy atom. The normalized spacial score (nSPS) is 18.5. The summed E-state index contributed by atoms with van der Waals surface area (Å²) in [6.07, 6.45) is -0.272. The minimum absolute atomic E-state index is 0.0275. The number of carbonyl (C=O) groups is 18. The lowest BCUT2D eigenvalue weighted by atomic mass is 9.77. The summed E-state index contributed by atoms with van der Waals surface area (Å²) in [6.45, 7) is 1.70. The van der Waals surface area contributed by atoms with Gasteiger partial charge in [-0.2, -0.15) is 0 Å². The predicted octanol–water partition coefficient (Wildman–Crippen LogP) is -0.782. The first-order valence-corrected chi connectivity index (χ1v) is 49.8. The number of fused-ring (bicyclic) bond motifs is 8. The Labute approximate surface area is 863 Å². The molecule has 0 radical (unpaired) electrons. The number of nitrogens with one attached hydrogen (secondary N) is 17. The maximum atomic E-state index is 15.0. The first-order chi connectivity index (χ1) is 71.6. The first kappa shape index (κ1) is 114. The molecule has 14 amide bonds. The van der Waals surface area contributed by atoms with Crippen molar-refractivity contribution in [1.29, 1.82) is 0 Å². The van der Waals surface area contributed by atoms with Crippen molar-refractivity contribution in [2.45, 2.75) is 113 Å². The van der Waals surface area contributed by atoms with Crippen molar-refractivity contribution < 1.29 is 149 Å². The average Bonchev–Trinajstić information content (AvgIpc) is 1.54. The van der Waals surface area contributed by atoms with Crippen LogP contribution >= 0.6 is 33.8 Å². The number of primary amides is 1. The molecule has 6 aromatic carbocycles. The maximum Gasteiger partial charge on any atom is 0.340 e. The molecule has 0 aliphatic carbocycles. The van der Waals surface area contributed by atoms with Crippen LogP contribution in [0.15, 0.2) is 140 Å². The molecule has 1 fully saturated rings. The summed E-state index contributed by atoms with van der Waals surface area (Å²) in [6, 6.07) is 20.1. The zero-order valence-corrected chi connectivity index (χ0v) is 83.1. The van der Waals surface area contributed by atoms with Gasteiger partial charge in [0.2, 0.25) is 76.8 Å². The number of carbonyl (C=O) groups excluding carboxylic acids is 16. The number of benzene rings is 6. The number of rotatable bonds is 40. The molecule has 0 bridgehead atoms. The van der Waals surface area contributed by atoms with Crippen LogP contribution in [0.25, 0.3) is 21.8 Å². The number of carboxylic acids is 2. The molecular weight excluding hydrogens is 2010 g/mol. The van der Waals surface area contributed by atoms with Crippen molar-refractivity contribution >= 4 is 173 Å². The number of anilines is 1. The fourth-order valence-corrected chi connectivity index (χ4v) is 18.0. The van der Waals surface area contributed by atoms with Gasteiger partial charge in [-0.05, 0) is 116 Å². The van der Waals surface area contributed by atoms with Gasteiger partial charge < -0.3 is 159 Å². The van der Waals surface area contributed by atoms with E-state index in [1.54, 1.807) is 91.3 Å². The number of amides is 14. The highest BCUT2D eigenvalue weighted by atomic mass is 33.1. The predicted molar refractivity (Wildman–Crippen MR) is 537 cm³/mol. The Kier molecular flexibility index (Phi) is 43.5. The number of aromatic nitrogens is 2. The van der Waals surface area contributed by atoms with Crippen molar-refractivity contribution in [2.75, 3.05) is 135 Å². The number of nitrogens with two attached hydrogens (primary N) is 1. The second kappa shape index (κ2) is 56.9. The summed E-state index contributed by atoms with van der Waals surface area (Å²) in [5, 5.41) is 78.6. The third kappa shape index (κ3) is 34.8. The van der Waals surface area contributed by atoms with Gasteiger partial charge in [0.15, 0.2) is 10.7 Å². The number of ether oxygens (including phenoxy) is 9. The van der Waals surface area contributed by atoms with Crippen LogP contribution in [0.5, 0.6) is 28.7 Å². The van der Waals surface area contributed by atoms with Gasteiger partial charge in [0.1, 0.15) is 77.1 Å². The number of aromatic hydroxyl groups is 2. The molecule has 3 aliphatic heterocycles. The number of esters is 2. The van der Waals surface area contributed by atoms with Crippen LogP contribution in [0, 0.1) is 0 Å². The highest BCUT2D eigenvalue weighted by Gasteiger charge is 2.54. The number of aliphatic carboxylic acids is 2. The van der Waals surface area contributed by atoms with E-state index >= 15 is 0 Å². The monoisotopic (exact) mass is 2120 g/mol. The van der Waals surface area contributed by atoms with E-state index in [0.29, 0.717) is 119 Å². The number of hydrogen-bond donors (Lipinski definition) is 22. The van der Waals surface area contributed by atoms with E-state index in [9.17, 15) is 107 Å². The number of hydrogen-bond acceptors (Lipinski definition) is 32. The van der Waals surface area contributed by atoms with Gasteiger partial charge >= 0.3 is 23.9 Å². The third-order valence-corrected chi connectivity index (χ3v) is 25.4. The third-order valence-electron chi connectivity index (χ3n) is 22.8. The zero-order chi connectivity index (χ0) is 107. The standard InChI is InChI=1S/C97H114N18O31S3/c1-53-87(129)113-73(40-57-46-102-69-10-6-4-8-63(57)69)92(134)112-71(23-25-99-88(130)55-11-16-61(17-12-55)144-85(127)24-27-138-29-31-140-33-35-142-37-38-143-36-34-141-32-30-139-28-26-100-96(147)109-58-13-18-65-64(41-58)95(137)146-97(65)66-19-14-59(117)42-77(66)145-78-43-60(118)15-20-67(78)97)90(132)106-48-80(120)103-49-81(121)110-70(21-22-83(123)124)89(131)105-47-79(119)104-50-82(122)111-72(39-56-45-101-68-9-5-3-7-62(56)68)91(133)114-75(86(98)128)51-148-149-52-76(94(136)107-53)115-93(135)74(44-84(125)126)108-54(2)116/h3-20,41-43,45-46,53,70-76,101-102,117-118H,21-40,44,47-52H2,1-2H3,(H2,98,128)(H,99,130)(H,103,120)(H,104,119)(H,105,131)(H,106,132)(H,107,136)(H,108,116)(H,110,121)(H,111,122)(H,112,134)(H,113,129)(H,114,133)(H,115,135)(H,123,124)(H,125,126)(H2,100,109,147)/t53-,70-,71-,72-,73-,74-,75-,76-/m0/s1. The van der Waals surface area contributed by atoms with E-state index in [1.807, 2.05) is 0 Å². The van der Waals surface area contributed by atoms with Gasteiger partial charge in [-0.3, -0.25) is 81.5 Å². The number of thiocarbonyl (C=S) groups is 1. The van der Waals surface area contributed by atoms with E-state index in [-0.39, 0.29) is 92.4 Å². The molecule has 1 saturated heterocycles.